The highest BCUT2D eigenvalue weighted by molar-refractivity contribution is 7.26. The summed E-state index contributed by atoms with van der Waals surface area (Å²) in [7, 11) is 0. The number of thiophene rings is 1. The molecule has 0 aliphatic heterocycles. The summed E-state index contributed by atoms with van der Waals surface area (Å²) in [6.45, 7) is 9.43. The summed E-state index contributed by atoms with van der Waals surface area (Å²) in [4.78, 5) is 10.2. The number of nitrogens with zero attached hydrogens (tertiary/aromatic N) is 2. The maximum atomic E-state index is 8.62. The molecule has 0 bridgehead atoms. The Morgan fingerprint density at radius 2 is 1.93 bits per heavy atom. The lowest BCUT2D eigenvalue weighted by atomic mass is 9.88. The summed E-state index contributed by atoms with van der Waals surface area (Å²) in [6.07, 6.45) is 0.217. The van der Waals surface area contributed by atoms with Gasteiger partial charge in [-0.3, -0.25) is 4.98 Å². The topological polar surface area (TPSA) is 25.8 Å². The van der Waals surface area contributed by atoms with Crippen LogP contribution in [-0.4, -0.2) is 9.97 Å². The highest BCUT2D eigenvalue weighted by atomic mass is 32.1. The van der Waals surface area contributed by atoms with E-state index in [1.54, 1.807) is 23.6 Å². The molecule has 2 nitrogen and oxygen atoms in total. The highest BCUT2D eigenvalue weighted by Crippen LogP contribution is 2.39. The number of aromatic nitrogens is 2. The van der Waals surface area contributed by atoms with E-state index in [1.807, 2.05) is 58.9 Å². The van der Waals surface area contributed by atoms with Crippen LogP contribution in [0.2, 0.25) is 0 Å². The third-order valence-electron chi connectivity index (χ3n) is 4.43. The first-order chi connectivity index (χ1) is 13.9. The summed E-state index contributed by atoms with van der Waals surface area (Å²) in [5.74, 6) is -0.748. The second-order valence-electron chi connectivity index (χ2n) is 8.14. The van der Waals surface area contributed by atoms with Gasteiger partial charge in [-0.05, 0) is 47.5 Å². The first-order valence-corrected chi connectivity index (χ1v) is 10.0. The molecule has 3 heteroatoms. The molecule has 4 rings (SSSR count). The predicted octanol–water partition coefficient (Wildman–Crippen LogP) is 7.22. The molecule has 4 aromatic rings. The second-order valence-corrected chi connectivity index (χ2v) is 9.14. The average Bonchev–Trinajstić information content (AvgIpc) is 3.04. The van der Waals surface area contributed by atoms with E-state index in [4.69, 9.17) is 9.10 Å². The minimum atomic E-state index is -1.48. The first kappa shape index (κ1) is 14.8. The van der Waals surface area contributed by atoms with Crippen LogP contribution in [0.25, 0.3) is 31.6 Å². The van der Waals surface area contributed by atoms with Crippen molar-refractivity contribution in [1.29, 1.82) is 0 Å². The molecule has 0 aliphatic carbocycles. The smallest absolute Gasteiger partial charge is 0.124 e. The van der Waals surface area contributed by atoms with E-state index in [0.717, 1.165) is 37.3 Å². The fraction of sp³-hybridized carbons (Fsp3) is 0.333. The molecule has 0 aliphatic rings. The molecule has 3 aromatic heterocycles. The normalized spacial score (nSPS) is 14.9. The zero-order chi connectivity index (χ0) is 21.9. The lowest BCUT2D eigenvalue weighted by Crippen LogP contribution is -2.09. The SMILES string of the molecule is [2H]C(C)(C)c1ccc2c(n1)sc1c(-c3cc(C([2H])([2H])C(C)(C)C)ccn3)cccc12. The maximum Gasteiger partial charge on any atom is 0.124 e. The van der Waals surface area contributed by atoms with Crippen LogP contribution in [0.3, 0.4) is 0 Å². The lowest BCUT2D eigenvalue weighted by Gasteiger charge is -2.18. The van der Waals surface area contributed by atoms with Gasteiger partial charge in [0, 0.05) is 37.0 Å². The van der Waals surface area contributed by atoms with Gasteiger partial charge in [-0.25, -0.2) is 4.98 Å². The highest BCUT2D eigenvalue weighted by Gasteiger charge is 2.15. The van der Waals surface area contributed by atoms with Crippen LogP contribution in [0.1, 0.15) is 55.9 Å². The van der Waals surface area contributed by atoms with Crippen LogP contribution in [-0.2, 0) is 6.37 Å². The maximum absolute atomic E-state index is 8.62. The number of rotatable bonds is 3. The van der Waals surface area contributed by atoms with E-state index in [-0.39, 0.29) is 0 Å². The lowest BCUT2D eigenvalue weighted by molar-refractivity contribution is 0.411. The van der Waals surface area contributed by atoms with E-state index in [1.165, 1.54) is 0 Å². The third kappa shape index (κ3) is 3.61. The molecule has 0 saturated carbocycles. The number of hydrogen-bond donors (Lipinski definition) is 0. The Morgan fingerprint density at radius 3 is 2.67 bits per heavy atom. The minimum Gasteiger partial charge on any atom is -0.256 e. The van der Waals surface area contributed by atoms with Gasteiger partial charge < -0.3 is 0 Å². The summed E-state index contributed by atoms with van der Waals surface area (Å²) in [5, 5.41) is 2.19. The zero-order valence-electron chi connectivity index (χ0n) is 19.4. The van der Waals surface area contributed by atoms with Crippen molar-refractivity contribution in [2.24, 2.45) is 5.41 Å². The van der Waals surface area contributed by atoms with Gasteiger partial charge in [0.2, 0.25) is 0 Å². The molecule has 0 N–H and O–H groups in total. The number of fused-ring (bicyclic) bond motifs is 3. The molecular weight excluding hydrogens is 348 g/mol. The fourth-order valence-electron chi connectivity index (χ4n) is 3.25. The van der Waals surface area contributed by atoms with Gasteiger partial charge in [0.1, 0.15) is 4.83 Å². The Labute approximate surface area is 169 Å². The van der Waals surface area contributed by atoms with Crippen molar-refractivity contribution in [3.8, 4) is 11.3 Å². The summed E-state index contributed by atoms with van der Waals surface area (Å²) >= 11 is 1.60. The summed E-state index contributed by atoms with van der Waals surface area (Å²) in [6, 6.07) is 13.8. The van der Waals surface area contributed by atoms with Crippen molar-refractivity contribution in [3.63, 3.8) is 0 Å². The Balaban J connectivity index is 1.91. The third-order valence-corrected chi connectivity index (χ3v) is 5.58. The fourth-order valence-corrected chi connectivity index (χ4v) is 4.44. The van der Waals surface area contributed by atoms with Gasteiger partial charge in [-0.15, -0.1) is 11.3 Å². The van der Waals surface area contributed by atoms with Crippen molar-refractivity contribution in [2.75, 3.05) is 0 Å². The molecule has 0 fully saturated rings. The molecule has 27 heavy (non-hydrogen) atoms. The standard InChI is InChI=1S/C24H26N2S/c1-15(2)20-10-9-18-17-7-6-8-19(22(17)27-23(18)26-20)21-13-16(11-12-25-21)14-24(3,4)5/h6-13,15H,14H2,1-5H3/i14D2,15D. The van der Waals surface area contributed by atoms with E-state index < -0.39 is 17.7 Å². The largest absolute Gasteiger partial charge is 0.256 e. The van der Waals surface area contributed by atoms with Crippen molar-refractivity contribution >= 4 is 31.6 Å². The van der Waals surface area contributed by atoms with Crippen LogP contribution < -0.4 is 0 Å². The van der Waals surface area contributed by atoms with Crippen LogP contribution in [0.15, 0.2) is 48.7 Å². The van der Waals surface area contributed by atoms with Gasteiger partial charge in [0.05, 0.1) is 5.69 Å². The number of hydrogen-bond acceptors (Lipinski definition) is 3. The van der Waals surface area contributed by atoms with E-state index in [9.17, 15) is 0 Å². The van der Waals surface area contributed by atoms with Crippen LogP contribution in [0, 0.1) is 5.41 Å². The first-order valence-electron chi connectivity index (χ1n) is 10.7. The molecular formula is C24H26N2S. The van der Waals surface area contributed by atoms with E-state index in [0.29, 0.717) is 5.56 Å². The Hall–Kier alpha value is -2.26. The Morgan fingerprint density at radius 1 is 1.11 bits per heavy atom. The monoisotopic (exact) mass is 377 g/mol. The molecule has 0 radical (unpaired) electrons. The molecule has 0 spiro atoms. The van der Waals surface area contributed by atoms with Crippen LogP contribution >= 0.6 is 11.3 Å². The molecule has 3 heterocycles. The second kappa shape index (κ2) is 6.72. The molecule has 0 saturated heterocycles. The van der Waals surface area contributed by atoms with Crippen LogP contribution in [0.5, 0.6) is 0 Å². The van der Waals surface area contributed by atoms with Crippen molar-refractivity contribution in [2.45, 2.75) is 46.9 Å². The quantitative estimate of drug-likeness (QED) is 0.376. The van der Waals surface area contributed by atoms with Crippen molar-refractivity contribution in [1.82, 2.24) is 9.97 Å². The molecule has 0 unspecified atom stereocenters. The Bertz CT molecular complexity index is 1250. The van der Waals surface area contributed by atoms with Crippen LogP contribution in [0.4, 0.5) is 0 Å². The minimum absolute atomic E-state index is 0.529. The van der Waals surface area contributed by atoms with E-state index >= 15 is 0 Å². The number of pyridine rings is 2. The molecule has 0 atom stereocenters. The molecule has 0 amide bonds. The van der Waals surface area contributed by atoms with Crippen molar-refractivity contribution in [3.05, 3.63) is 59.9 Å². The number of benzene rings is 1. The summed E-state index contributed by atoms with van der Waals surface area (Å²) < 4.78 is 26.6. The van der Waals surface area contributed by atoms with Gasteiger partial charge in [-0.1, -0.05) is 52.8 Å². The van der Waals surface area contributed by atoms with Crippen molar-refractivity contribution < 1.29 is 4.11 Å². The summed E-state index contributed by atoms with van der Waals surface area (Å²) in [5.41, 5.74) is 2.60. The predicted molar refractivity (Wildman–Crippen MR) is 118 cm³/mol. The molecule has 138 valence electrons. The van der Waals surface area contributed by atoms with Gasteiger partial charge >= 0.3 is 0 Å². The Kier molecular flexibility index (Phi) is 3.67. The zero-order valence-corrected chi connectivity index (χ0v) is 17.2. The van der Waals surface area contributed by atoms with Gasteiger partial charge in [-0.2, -0.15) is 0 Å². The van der Waals surface area contributed by atoms with E-state index in [2.05, 4.69) is 17.1 Å². The van der Waals surface area contributed by atoms with Gasteiger partial charge in [0.25, 0.3) is 0 Å². The average molecular weight is 378 g/mol. The van der Waals surface area contributed by atoms with Gasteiger partial charge in [0.15, 0.2) is 0 Å². The molecule has 1 aromatic carbocycles.